The number of hydrogen-bond donors (Lipinski definition) is 1. The number of ether oxygens (including phenoxy) is 2. The molecule has 3 nitrogen and oxygen atoms in total. The van der Waals surface area contributed by atoms with E-state index < -0.39 is 0 Å². The molecule has 2 bridgehead atoms. The summed E-state index contributed by atoms with van der Waals surface area (Å²) >= 11 is 0. The van der Waals surface area contributed by atoms with Gasteiger partial charge in [-0.1, -0.05) is 25.5 Å². The molecule has 0 amide bonds. The van der Waals surface area contributed by atoms with E-state index >= 15 is 0 Å². The fraction of sp³-hybridized carbons (Fsp3) is 0.931. The molecule has 0 aromatic heterocycles. The van der Waals surface area contributed by atoms with Crippen LogP contribution >= 0.6 is 0 Å². The van der Waals surface area contributed by atoms with Gasteiger partial charge in [-0.3, -0.25) is 0 Å². The fourth-order valence-electron chi connectivity index (χ4n) is 9.03. The average Bonchev–Trinajstić information content (AvgIpc) is 2.94. The van der Waals surface area contributed by atoms with E-state index in [0.717, 1.165) is 61.7 Å². The third-order valence-electron chi connectivity index (χ3n) is 10.8. The Labute approximate surface area is 196 Å². The summed E-state index contributed by atoms with van der Waals surface area (Å²) in [5, 5.41) is 9.35. The summed E-state index contributed by atoms with van der Waals surface area (Å²) in [5.41, 5.74) is 2.26. The molecule has 4 aliphatic carbocycles. The number of hydrogen-bond acceptors (Lipinski definition) is 3. The summed E-state index contributed by atoms with van der Waals surface area (Å²) in [6.45, 7) is 8.22. The fourth-order valence-corrected chi connectivity index (χ4v) is 9.03. The Morgan fingerprint density at radius 2 is 1.97 bits per heavy atom. The molecule has 4 fully saturated rings. The first-order valence-electron chi connectivity index (χ1n) is 14.1. The lowest BCUT2D eigenvalue weighted by molar-refractivity contribution is -0.0884. The quantitative estimate of drug-likeness (QED) is 0.462. The summed E-state index contributed by atoms with van der Waals surface area (Å²) in [4.78, 5) is 0. The lowest BCUT2D eigenvalue weighted by Gasteiger charge is -2.52. The second-order valence-corrected chi connectivity index (χ2v) is 12.5. The van der Waals surface area contributed by atoms with E-state index in [2.05, 4.69) is 19.9 Å². The van der Waals surface area contributed by atoms with Gasteiger partial charge in [-0.15, -0.1) is 0 Å². The molecule has 32 heavy (non-hydrogen) atoms. The highest BCUT2D eigenvalue weighted by atomic mass is 16.5. The van der Waals surface area contributed by atoms with Gasteiger partial charge in [-0.25, -0.2) is 0 Å². The Morgan fingerprint density at radius 3 is 2.75 bits per heavy atom. The van der Waals surface area contributed by atoms with Gasteiger partial charge in [0, 0.05) is 12.5 Å². The zero-order valence-electron chi connectivity index (χ0n) is 20.8. The van der Waals surface area contributed by atoms with Gasteiger partial charge in [0.2, 0.25) is 0 Å². The van der Waals surface area contributed by atoms with E-state index in [0.29, 0.717) is 24.0 Å². The van der Waals surface area contributed by atoms with Crippen LogP contribution in [0.2, 0.25) is 0 Å². The maximum atomic E-state index is 9.35. The molecule has 5 aliphatic rings. The molecule has 1 heterocycles. The van der Waals surface area contributed by atoms with Gasteiger partial charge < -0.3 is 14.6 Å². The van der Waals surface area contributed by atoms with Crippen LogP contribution in [-0.2, 0) is 9.47 Å². The highest BCUT2D eigenvalue weighted by Gasteiger charge is 2.55. The molecule has 3 heteroatoms. The molecule has 3 saturated carbocycles. The van der Waals surface area contributed by atoms with Crippen LogP contribution in [0, 0.1) is 46.8 Å². The Morgan fingerprint density at radius 1 is 1.09 bits per heavy atom. The average molecular weight is 445 g/mol. The number of rotatable bonds is 7. The first kappa shape index (κ1) is 23.4. The van der Waals surface area contributed by atoms with Crippen molar-refractivity contribution in [2.24, 2.45) is 46.8 Å². The lowest BCUT2D eigenvalue weighted by atomic mass is 9.53. The van der Waals surface area contributed by atoms with Gasteiger partial charge in [-0.05, 0) is 118 Å². The highest BCUT2D eigenvalue weighted by Crippen LogP contribution is 2.63. The summed E-state index contributed by atoms with van der Waals surface area (Å²) < 4.78 is 11.8. The van der Waals surface area contributed by atoms with Crippen molar-refractivity contribution in [3.05, 3.63) is 11.6 Å². The van der Waals surface area contributed by atoms with E-state index in [9.17, 15) is 5.11 Å². The van der Waals surface area contributed by atoms with Crippen LogP contribution in [0.25, 0.3) is 0 Å². The minimum absolute atomic E-state index is 0.359. The number of fused-ring (bicyclic) bond motifs is 6. The molecule has 0 unspecified atom stereocenters. The van der Waals surface area contributed by atoms with Gasteiger partial charge >= 0.3 is 0 Å². The van der Waals surface area contributed by atoms with E-state index in [4.69, 9.17) is 9.47 Å². The minimum atomic E-state index is 0.359. The predicted octanol–water partition coefficient (Wildman–Crippen LogP) is 6.40. The molecule has 8 atom stereocenters. The molecule has 1 N–H and O–H groups in total. The van der Waals surface area contributed by atoms with Gasteiger partial charge in [0.25, 0.3) is 0 Å². The first-order valence-corrected chi connectivity index (χ1v) is 14.1. The first-order chi connectivity index (χ1) is 15.6. The van der Waals surface area contributed by atoms with Crippen LogP contribution in [0.1, 0.15) is 90.9 Å². The monoisotopic (exact) mass is 444 g/mol. The molecule has 0 radical (unpaired) electrons. The van der Waals surface area contributed by atoms with E-state index in [1.807, 2.05) is 0 Å². The summed E-state index contributed by atoms with van der Waals surface area (Å²) in [7, 11) is 0. The zero-order valence-corrected chi connectivity index (χ0v) is 20.8. The largest absolute Gasteiger partial charge is 0.396 e. The van der Waals surface area contributed by atoms with Crippen LogP contribution in [0.5, 0.6) is 0 Å². The van der Waals surface area contributed by atoms with Crippen molar-refractivity contribution >= 4 is 0 Å². The van der Waals surface area contributed by atoms with Crippen molar-refractivity contribution in [2.45, 2.75) is 97.0 Å². The zero-order chi connectivity index (χ0) is 22.1. The van der Waals surface area contributed by atoms with E-state index in [-0.39, 0.29) is 0 Å². The normalized spacial score (nSPS) is 44.8. The third kappa shape index (κ3) is 4.60. The van der Waals surface area contributed by atoms with Crippen LogP contribution in [0.15, 0.2) is 11.6 Å². The molecule has 0 aromatic carbocycles. The molecule has 0 spiro atoms. The maximum absolute atomic E-state index is 9.35. The lowest BCUT2D eigenvalue weighted by Crippen LogP contribution is -2.45. The van der Waals surface area contributed by atoms with Crippen molar-refractivity contribution in [1.82, 2.24) is 0 Å². The third-order valence-corrected chi connectivity index (χ3v) is 10.8. The second-order valence-electron chi connectivity index (χ2n) is 12.5. The number of allylic oxidation sites excluding steroid dienone is 1. The summed E-state index contributed by atoms with van der Waals surface area (Å²) in [5.74, 6) is 6.00. The molecular formula is C29H48O3. The van der Waals surface area contributed by atoms with E-state index in [1.165, 1.54) is 70.6 Å². The van der Waals surface area contributed by atoms with Crippen molar-refractivity contribution in [3.8, 4) is 0 Å². The van der Waals surface area contributed by atoms with Crippen molar-refractivity contribution in [1.29, 1.82) is 0 Å². The Hall–Kier alpha value is -0.380. The number of aliphatic hydroxyl groups excluding tert-OH is 1. The van der Waals surface area contributed by atoms with Crippen molar-refractivity contribution in [3.63, 3.8) is 0 Å². The van der Waals surface area contributed by atoms with Crippen molar-refractivity contribution < 1.29 is 14.6 Å². The summed E-state index contributed by atoms with van der Waals surface area (Å²) in [6, 6.07) is 0. The minimum Gasteiger partial charge on any atom is -0.396 e. The molecular weight excluding hydrogens is 396 g/mol. The molecule has 0 aromatic rings. The predicted molar refractivity (Wildman–Crippen MR) is 129 cm³/mol. The van der Waals surface area contributed by atoms with Crippen LogP contribution in [-0.4, -0.2) is 37.6 Å². The van der Waals surface area contributed by atoms with Gasteiger partial charge in [-0.2, -0.15) is 0 Å². The van der Waals surface area contributed by atoms with Crippen LogP contribution in [0.3, 0.4) is 0 Å². The highest BCUT2D eigenvalue weighted by molar-refractivity contribution is 5.12. The molecule has 1 saturated heterocycles. The van der Waals surface area contributed by atoms with Gasteiger partial charge in [0.1, 0.15) is 0 Å². The van der Waals surface area contributed by atoms with Gasteiger partial charge in [0.15, 0.2) is 0 Å². The molecule has 1 aliphatic heterocycles. The Bertz CT molecular complexity index is 655. The maximum Gasteiger partial charge on any atom is 0.0612 e. The second kappa shape index (κ2) is 10.1. The van der Waals surface area contributed by atoms with Crippen molar-refractivity contribution in [2.75, 3.05) is 26.4 Å². The Kier molecular flexibility index (Phi) is 7.36. The topological polar surface area (TPSA) is 38.7 Å². The van der Waals surface area contributed by atoms with Gasteiger partial charge in [0.05, 0.1) is 25.9 Å². The number of aliphatic hydroxyl groups is 1. The Balaban J connectivity index is 1.26. The summed E-state index contributed by atoms with van der Waals surface area (Å²) in [6.07, 6.45) is 19.0. The van der Waals surface area contributed by atoms with Crippen LogP contribution < -0.4 is 0 Å². The van der Waals surface area contributed by atoms with Crippen LogP contribution in [0.4, 0.5) is 0 Å². The van der Waals surface area contributed by atoms with E-state index in [1.54, 1.807) is 5.57 Å². The SMILES string of the molecule is C[C@H](CCCO)[C@H]1CC[C@H]2[C@H]3CC/C=C4/C[C@@H](OCC5COC5)CC[C@H](C4)[C@H]3CC[C@]12C. The molecule has 182 valence electrons. The smallest absolute Gasteiger partial charge is 0.0612 e. The molecule has 5 rings (SSSR count). The standard InChI is InChI=1S/C29H48O3/c1-20(5-4-14-30)27-10-11-28-26-7-3-6-21-15-23(25(26)12-13-29(27,28)2)8-9-24(16-21)32-19-22-17-31-18-22/h6,20,22-28,30H,3-5,7-19H2,1-2H3/b21-6+/t20-,23-,24+,25-,26+,27-,28+,29-/m1/s1.